The summed E-state index contributed by atoms with van der Waals surface area (Å²) in [5.74, 6) is 0.0154. The van der Waals surface area contributed by atoms with E-state index in [9.17, 15) is 9.59 Å². The zero-order valence-corrected chi connectivity index (χ0v) is 17.3. The van der Waals surface area contributed by atoms with Crippen molar-refractivity contribution in [1.82, 2.24) is 20.4 Å². The molecule has 0 atom stereocenters. The highest BCUT2D eigenvalue weighted by Gasteiger charge is 2.26. The van der Waals surface area contributed by atoms with Crippen LogP contribution in [0, 0.1) is 0 Å². The highest BCUT2D eigenvalue weighted by Crippen LogP contribution is 2.29. The molecular weight excluding hydrogens is 402 g/mol. The molecule has 2 N–H and O–H groups in total. The number of carbonyl (C=O) groups is 2. The number of hydrogen-bond donors (Lipinski definition) is 2. The molecule has 30 heavy (non-hydrogen) atoms. The fraction of sp³-hybridized carbons (Fsp3) is 0.429. The van der Waals surface area contributed by atoms with Gasteiger partial charge in [0.05, 0.1) is 18.7 Å². The van der Waals surface area contributed by atoms with Gasteiger partial charge in [-0.25, -0.2) is 9.78 Å². The molecule has 1 fully saturated rings. The van der Waals surface area contributed by atoms with Crippen molar-refractivity contribution in [2.75, 3.05) is 11.9 Å². The summed E-state index contributed by atoms with van der Waals surface area (Å²) in [6, 6.07) is 7.63. The third-order valence-electron chi connectivity index (χ3n) is 5.77. The summed E-state index contributed by atoms with van der Waals surface area (Å²) < 4.78 is 5.31. The molecule has 8 nitrogen and oxygen atoms in total. The number of hydrogen-bond acceptors (Lipinski definition) is 6. The first-order valence-electron chi connectivity index (χ1n) is 10.3. The van der Waals surface area contributed by atoms with E-state index < -0.39 is 0 Å². The van der Waals surface area contributed by atoms with Gasteiger partial charge in [-0.2, -0.15) is 0 Å². The Morgan fingerprint density at radius 1 is 1.23 bits per heavy atom. The van der Waals surface area contributed by atoms with Crippen LogP contribution in [0.1, 0.15) is 41.9 Å². The van der Waals surface area contributed by atoms with Crippen molar-refractivity contribution in [1.29, 1.82) is 0 Å². The molecule has 0 spiro atoms. The van der Waals surface area contributed by atoms with Crippen molar-refractivity contribution in [2.24, 2.45) is 0 Å². The molecular formula is C21H23N5O3S. The standard InChI is InChI=1S/C21H23N5O3S/c27-19(11-16-14-7-3-4-8-17(14)29-25-16)26-10-9-15-18(12-26)30-21(23-15)24-20(28)22-13-5-1-2-6-13/h3-4,7-8,13H,1-2,5-6,9-12H2,(H2,22,23,24,28). The maximum absolute atomic E-state index is 12.8. The molecule has 1 aliphatic heterocycles. The maximum atomic E-state index is 12.8. The van der Waals surface area contributed by atoms with Crippen LogP contribution in [0.2, 0.25) is 0 Å². The van der Waals surface area contributed by atoms with Crippen LogP contribution in [-0.4, -0.2) is 39.6 Å². The largest absolute Gasteiger partial charge is 0.356 e. The number of fused-ring (bicyclic) bond motifs is 2. The third kappa shape index (κ3) is 3.89. The molecule has 3 amide bonds. The van der Waals surface area contributed by atoms with E-state index in [1.807, 2.05) is 29.2 Å². The fourth-order valence-corrected chi connectivity index (χ4v) is 5.19. The quantitative estimate of drug-likeness (QED) is 0.667. The van der Waals surface area contributed by atoms with Gasteiger partial charge in [0.1, 0.15) is 5.69 Å². The van der Waals surface area contributed by atoms with E-state index >= 15 is 0 Å². The van der Waals surface area contributed by atoms with Crippen LogP contribution in [0.15, 0.2) is 28.8 Å². The molecule has 1 saturated carbocycles. The van der Waals surface area contributed by atoms with Crippen LogP contribution in [0.4, 0.5) is 9.93 Å². The number of amides is 3. The van der Waals surface area contributed by atoms with Gasteiger partial charge < -0.3 is 14.7 Å². The number of thiazole rings is 1. The van der Waals surface area contributed by atoms with E-state index in [-0.39, 0.29) is 24.4 Å². The minimum atomic E-state index is -0.196. The molecule has 3 aromatic rings. The molecule has 0 saturated heterocycles. The van der Waals surface area contributed by atoms with Gasteiger partial charge in [-0.15, -0.1) is 0 Å². The van der Waals surface area contributed by atoms with Crippen LogP contribution < -0.4 is 10.6 Å². The van der Waals surface area contributed by atoms with Crippen LogP contribution in [0.5, 0.6) is 0 Å². The Morgan fingerprint density at radius 2 is 2.07 bits per heavy atom. The van der Waals surface area contributed by atoms with Gasteiger partial charge in [-0.1, -0.05) is 41.5 Å². The maximum Gasteiger partial charge on any atom is 0.321 e. The molecule has 2 aliphatic rings. The summed E-state index contributed by atoms with van der Waals surface area (Å²) >= 11 is 1.44. The lowest BCUT2D eigenvalue weighted by atomic mass is 10.1. The Bertz CT molecular complexity index is 1090. The van der Waals surface area contributed by atoms with E-state index in [0.717, 1.165) is 28.8 Å². The highest BCUT2D eigenvalue weighted by molar-refractivity contribution is 7.15. The van der Waals surface area contributed by atoms with Crippen molar-refractivity contribution in [2.45, 2.75) is 51.1 Å². The average molecular weight is 426 g/mol. The summed E-state index contributed by atoms with van der Waals surface area (Å²) in [4.78, 5) is 32.5. The van der Waals surface area contributed by atoms with Gasteiger partial charge in [0.15, 0.2) is 10.7 Å². The molecule has 156 valence electrons. The zero-order valence-electron chi connectivity index (χ0n) is 16.5. The normalized spacial score (nSPS) is 16.6. The Hall–Kier alpha value is -2.94. The number of para-hydroxylation sites is 1. The smallest absolute Gasteiger partial charge is 0.321 e. The first-order chi connectivity index (χ1) is 14.7. The lowest BCUT2D eigenvalue weighted by Crippen LogP contribution is -2.36. The monoisotopic (exact) mass is 425 g/mol. The second-order valence-corrected chi connectivity index (χ2v) is 8.92. The predicted octanol–water partition coefficient (Wildman–Crippen LogP) is 3.48. The molecule has 0 bridgehead atoms. The second-order valence-electron chi connectivity index (χ2n) is 7.84. The van der Waals surface area contributed by atoms with Crippen LogP contribution in [-0.2, 0) is 24.2 Å². The third-order valence-corrected chi connectivity index (χ3v) is 6.76. The van der Waals surface area contributed by atoms with E-state index in [4.69, 9.17) is 4.52 Å². The SMILES string of the molecule is O=C(Nc1nc2c(s1)CN(C(=O)Cc1noc3ccccc13)CC2)NC1CCCC1. The zero-order chi connectivity index (χ0) is 20.5. The van der Waals surface area contributed by atoms with Crippen molar-refractivity contribution in [3.05, 3.63) is 40.5 Å². The van der Waals surface area contributed by atoms with Gasteiger partial charge in [0.2, 0.25) is 5.91 Å². The molecule has 9 heteroatoms. The van der Waals surface area contributed by atoms with Crippen molar-refractivity contribution in [3.8, 4) is 0 Å². The number of rotatable bonds is 4. The first kappa shape index (κ1) is 19.0. The van der Waals surface area contributed by atoms with Crippen molar-refractivity contribution in [3.63, 3.8) is 0 Å². The second kappa shape index (κ2) is 8.06. The number of benzene rings is 1. The number of anilines is 1. The number of aromatic nitrogens is 2. The minimum absolute atomic E-state index is 0.0154. The van der Waals surface area contributed by atoms with E-state index in [2.05, 4.69) is 20.8 Å². The van der Waals surface area contributed by atoms with Gasteiger partial charge in [-0.3, -0.25) is 10.1 Å². The number of nitrogens with one attached hydrogen (secondary N) is 2. The fourth-order valence-electron chi connectivity index (χ4n) is 4.17. The Balaban J connectivity index is 1.21. The highest BCUT2D eigenvalue weighted by atomic mass is 32.1. The van der Waals surface area contributed by atoms with Crippen molar-refractivity contribution < 1.29 is 14.1 Å². The molecule has 0 unspecified atom stereocenters. The lowest BCUT2D eigenvalue weighted by Gasteiger charge is -2.25. The molecule has 1 aromatic carbocycles. The van der Waals surface area contributed by atoms with Gasteiger partial charge in [0.25, 0.3) is 0 Å². The molecule has 1 aliphatic carbocycles. The Kier molecular flexibility index (Phi) is 5.12. The van der Waals surface area contributed by atoms with E-state index in [1.165, 1.54) is 24.2 Å². The van der Waals surface area contributed by atoms with Crippen LogP contribution in [0.3, 0.4) is 0 Å². The molecule has 3 heterocycles. The van der Waals surface area contributed by atoms with E-state index in [1.54, 1.807) is 0 Å². The Labute approximate surface area is 177 Å². The summed E-state index contributed by atoms with van der Waals surface area (Å²) in [6.07, 6.45) is 5.32. The van der Waals surface area contributed by atoms with Crippen molar-refractivity contribution >= 4 is 39.4 Å². The summed E-state index contributed by atoms with van der Waals surface area (Å²) in [6.45, 7) is 1.12. The number of nitrogens with zero attached hydrogens (tertiary/aromatic N) is 3. The van der Waals surface area contributed by atoms with Gasteiger partial charge in [0, 0.05) is 29.3 Å². The number of carbonyl (C=O) groups excluding carboxylic acids is 2. The molecule has 5 rings (SSSR count). The predicted molar refractivity (Wildman–Crippen MR) is 113 cm³/mol. The van der Waals surface area contributed by atoms with Crippen LogP contribution in [0.25, 0.3) is 11.0 Å². The Morgan fingerprint density at radius 3 is 2.93 bits per heavy atom. The first-order valence-corrected chi connectivity index (χ1v) is 11.1. The van der Waals surface area contributed by atoms with Gasteiger partial charge >= 0.3 is 6.03 Å². The molecule has 2 aromatic heterocycles. The van der Waals surface area contributed by atoms with Crippen LogP contribution >= 0.6 is 11.3 Å². The van der Waals surface area contributed by atoms with Gasteiger partial charge in [-0.05, 0) is 25.0 Å². The number of urea groups is 1. The topological polar surface area (TPSA) is 100 Å². The summed E-state index contributed by atoms with van der Waals surface area (Å²) in [5.41, 5.74) is 2.32. The minimum Gasteiger partial charge on any atom is -0.356 e. The van der Waals surface area contributed by atoms with E-state index in [0.29, 0.717) is 35.9 Å². The molecule has 0 radical (unpaired) electrons. The summed E-state index contributed by atoms with van der Waals surface area (Å²) in [5, 5.41) is 11.4. The average Bonchev–Trinajstić information content (AvgIpc) is 3.47. The summed E-state index contributed by atoms with van der Waals surface area (Å²) in [7, 11) is 0. The lowest BCUT2D eigenvalue weighted by molar-refractivity contribution is -0.131.